The standard InChI is InChI=1S/C25H38N2O4/c1-4-17-30-20-9-11-21(12-10-20)31-23-8-6-5-7-22(23)26-24(28)19-13-15-27(16-14-19)25(29)18(2)3/h9-12,18-19,22-23H,4-8,13-17H2,1-3H3,(H,26,28)/t22-,23-/m1/s1. The van der Waals surface area contributed by atoms with Gasteiger partial charge in [-0.15, -0.1) is 0 Å². The summed E-state index contributed by atoms with van der Waals surface area (Å²) in [7, 11) is 0. The zero-order valence-electron chi connectivity index (χ0n) is 19.3. The van der Waals surface area contributed by atoms with E-state index in [0.29, 0.717) is 19.7 Å². The zero-order chi connectivity index (χ0) is 22.2. The number of carbonyl (C=O) groups excluding carboxylic acids is 2. The Labute approximate surface area is 186 Å². The van der Waals surface area contributed by atoms with E-state index in [4.69, 9.17) is 9.47 Å². The third kappa shape index (κ3) is 6.62. The lowest BCUT2D eigenvalue weighted by atomic mass is 9.90. The number of ether oxygens (including phenoxy) is 2. The lowest BCUT2D eigenvalue weighted by Crippen LogP contribution is -2.51. The molecule has 172 valence electrons. The quantitative estimate of drug-likeness (QED) is 0.672. The Balaban J connectivity index is 1.51. The van der Waals surface area contributed by atoms with Crippen molar-refractivity contribution in [3.63, 3.8) is 0 Å². The predicted molar refractivity (Wildman–Crippen MR) is 121 cm³/mol. The highest BCUT2D eigenvalue weighted by atomic mass is 16.5. The first kappa shape index (κ1) is 23.4. The summed E-state index contributed by atoms with van der Waals surface area (Å²) in [6.45, 7) is 8.00. The molecule has 1 N–H and O–H groups in total. The van der Waals surface area contributed by atoms with E-state index in [9.17, 15) is 9.59 Å². The lowest BCUT2D eigenvalue weighted by Gasteiger charge is -2.36. The van der Waals surface area contributed by atoms with E-state index in [0.717, 1.165) is 56.4 Å². The summed E-state index contributed by atoms with van der Waals surface area (Å²) in [5.41, 5.74) is 0. The third-order valence-corrected chi connectivity index (χ3v) is 6.29. The number of hydrogen-bond donors (Lipinski definition) is 1. The SMILES string of the molecule is CCCOc1ccc(O[C@@H]2CCCC[C@H]2NC(=O)C2CCN(C(=O)C(C)C)CC2)cc1. The number of carbonyl (C=O) groups is 2. The van der Waals surface area contributed by atoms with Crippen molar-refractivity contribution in [3.05, 3.63) is 24.3 Å². The van der Waals surface area contributed by atoms with Crippen LogP contribution in [-0.4, -0.2) is 48.6 Å². The van der Waals surface area contributed by atoms with Gasteiger partial charge in [0.15, 0.2) is 0 Å². The fraction of sp³-hybridized carbons (Fsp3) is 0.680. The Morgan fingerprint density at radius 2 is 1.68 bits per heavy atom. The molecule has 2 amide bonds. The molecule has 0 unspecified atom stereocenters. The van der Waals surface area contributed by atoms with Gasteiger partial charge in [-0.25, -0.2) is 0 Å². The van der Waals surface area contributed by atoms with Crippen molar-refractivity contribution in [2.75, 3.05) is 19.7 Å². The van der Waals surface area contributed by atoms with Crippen molar-refractivity contribution in [3.8, 4) is 11.5 Å². The highest BCUT2D eigenvalue weighted by Gasteiger charge is 2.33. The summed E-state index contributed by atoms with van der Waals surface area (Å²) in [5, 5.41) is 3.27. The van der Waals surface area contributed by atoms with Gasteiger partial charge in [-0.1, -0.05) is 27.2 Å². The maximum Gasteiger partial charge on any atom is 0.225 e. The minimum absolute atomic E-state index is 0.0114. The van der Waals surface area contributed by atoms with Crippen LogP contribution in [0.4, 0.5) is 0 Å². The summed E-state index contributed by atoms with van der Waals surface area (Å²) in [4.78, 5) is 27.0. The summed E-state index contributed by atoms with van der Waals surface area (Å²) in [5.74, 6) is 1.96. The van der Waals surface area contributed by atoms with E-state index in [2.05, 4.69) is 12.2 Å². The number of likely N-dealkylation sites (tertiary alicyclic amines) is 1. The molecule has 0 bridgehead atoms. The van der Waals surface area contributed by atoms with Crippen LogP contribution in [0.25, 0.3) is 0 Å². The number of piperidine rings is 1. The Bertz CT molecular complexity index is 711. The zero-order valence-corrected chi connectivity index (χ0v) is 19.3. The minimum Gasteiger partial charge on any atom is -0.494 e. The molecule has 1 aliphatic heterocycles. The van der Waals surface area contributed by atoms with Gasteiger partial charge in [0, 0.05) is 24.9 Å². The van der Waals surface area contributed by atoms with Crippen molar-refractivity contribution in [2.24, 2.45) is 11.8 Å². The van der Waals surface area contributed by atoms with Crippen molar-refractivity contribution in [1.29, 1.82) is 0 Å². The maximum absolute atomic E-state index is 12.9. The molecule has 1 aromatic carbocycles. The van der Waals surface area contributed by atoms with Gasteiger partial charge in [-0.05, 0) is 62.8 Å². The summed E-state index contributed by atoms with van der Waals surface area (Å²) in [6.07, 6.45) is 6.56. The Morgan fingerprint density at radius 3 is 2.32 bits per heavy atom. The number of benzene rings is 1. The second kappa shape index (κ2) is 11.4. The number of amides is 2. The number of rotatable bonds is 8. The molecule has 1 heterocycles. The molecule has 3 rings (SSSR count). The first-order chi connectivity index (χ1) is 15.0. The first-order valence-electron chi connectivity index (χ1n) is 12.0. The van der Waals surface area contributed by atoms with E-state index in [1.54, 1.807) is 0 Å². The molecule has 1 saturated carbocycles. The van der Waals surface area contributed by atoms with Gasteiger partial charge >= 0.3 is 0 Å². The van der Waals surface area contributed by atoms with Crippen molar-refractivity contribution < 1.29 is 19.1 Å². The van der Waals surface area contributed by atoms with Gasteiger partial charge in [0.05, 0.1) is 12.6 Å². The van der Waals surface area contributed by atoms with Crippen LogP contribution in [0.2, 0.25) is 0 Å². The van der Waals surface area contributed by atoms with Crippen molar-refractivity contribution in [1.82, 2.24) is 10.2 Å². The Kier molecular flexibility index (Phi) is 8.61. The number of nitrogens with one attached hydrogen (secondary N) is 1. The summed E-state index contributed by atoms with van der Waals surface area (Å²) >= 11 is 0. The van der Waals surface area contributed by atoms with E-state index in [1.807, 2.05) is 43.0 Å². The van der Waals surface area contributed by atoms with Gasteiger partial charge in [0.25, 0.3) is 0 Å². The topological polar surface area (TPSA) is 67.9 Å². The second-order valence-corrected chi connectivity index (χ2v) is 9.13. The summed E-state index contributed by atoms with van der Waals surface area (Å²) < 4.78 is 11.9. The van der Waals surface area contributed by atoms with Crippen LogP contribution < -0.4 is 14.8 Å². The van der Waals surface area contributed by atoms with E-state index in [1.165, 1.54) is 0 Å². The van der Waals surface area contributed by atoms with Crippen LogP contribution in [0.1, 0.15) is 65.7 Å². The monoisotopic (exact) mass is 430 g/mol. The molecule has 2 atom stereocenters. The number of nitrogens with zero attached hydrogens (tertiary/aromatic N) is 1. The Morgan fingerprint density at radius 1 is 1.03 bits per heavy atom. The molecular formula is C25H38N2O4. The fourth-order valence-electron chi connectivity index (χ4n) is 4.44. The van der Waals surface area contributed by atoms with Crippen LogP contribution in [-0.2, 0) is 9.59 Å². The largest absolute Gasteiger partial charge is 0.494 e. The van der Waals surface area contributed by atoms with Gasteiger partial charge in [-0.2, -0.15) is 0 Å². The van der Waals surface area contributed by atoms with E-state index < -0.39 is 0 Å². The minimum atomic E-state index is -0.0196. The van der Waals surface area contributed by atoms with Crippen LogP contribution in [0, 0.1) is 11.8 Å². The highest BCUT2D eigenvalue weighted by molar-refractivity contribution is 5.81. The first-order valence-corrected chi connectivity index (χ1v) is 12.0. The molecule has 2 aliphatic rings. The third-order valence-electron chi connectivity index (χ3n) is 6.29. The van der Waals surface area contributed by atoms with Gasteiger partial charge in [-0.3, -0.25) is 9.59 Å². The molecule has 6 nitrogen and oxygen atoms in total. The molecular weight excluding hydrogens is 392 g/mol. The predicted octanol–water partition coefficient (Wildman–Crippen LogP) is 4.18. The Hall–Kier alpha value is -2.24. The van der Waals surface area contributed by atoms with Gasteiger partial charge < -0.3 is 19.7 Å². The average molecular weight is 431 g/mol. The van der Waals surface area contributed by atoms with Crippen LogP contribution in [0.15, 0.2) is 24.3 Å². The molecule has 0 spiro atoms. The van der Waals surface area contributed by atoms with Crippen LogP contribution >= 0.6 is 0 Å². The molecule has 1 saturated heterocycles. The molecule has 31 heavy (non-hydrogen) atoms. The van der Waals surface area contributed by atoms with Crippen LogP contribution in [0.5, 0.6) is 11.5 Å². The fourth-order valence-corrected chi connectivity index (χ4v) is 4.44. The number of hydrogen-bond acceptors (Lipinski definition) is 4. The van der Waals surface area contributed by atoms with E-state index >= 15 is 0 Å². The van der Waals surface area contributed by atoms with Crippen molar-refractivity contribution in [2.45, 2.75) is 77.9 Å². The van der Waals surface area contributed by atoms with E-state index in [-0.39, 0.29) is 35.8 Å². The van der Waals surface area contributed by atoms with Gasteiger partial charge in [0.1, 0.15) is 17.6 Å². The van der Waals surface area contributed by atoms with Crippen molar-refractivity contribution >= 4 is 11.8 Å². The lowest BCUT2D eigenvalue weighted by molar-refractivity contribution is -0.138. The highest BCUT2D eigenvalue weighted by Crippen LogP contribution is 2.27. The second-order valence-electron chi connectivity index (χ2n) is 9.13. The molecule has 2 fully saturated rings. The molecule has 1 aliphatic carbocycles. The molecule has 0 radical (unpaired) electrons. The molecule has 0 aromatic heterocycles. The average Bonchev–Trinajstić information content (AvgIpc) is 2.79. The van der Waals surface area contributed by atoms with Gasteiger partial charge in [0.2, 0.25) is 11.8 Å². The molecule has 1 aromatic rings. The molecule has 6 heteroatoms. The smallest absolute Gasteiger partial charge is 0.225 e. The van der Waals surface area contributed by atoms with Crippen LogP contribution in [0.3, 0.4) is 0 Å². The summed E-state index contributed by atoms with van der Waals surface area (Å²) in [6, 6.07) is 7.80. The maximum atomic E-state index is 12.9. The normalized spacial score (nSPS) is 22.3.